The van der Waals surface area contributed by atoms with Crippen molar-refractivity contribution >= 4 is 5.82 Å². The predicted octanol–water partition coefficient (Wildman–Crippen LogP) is 1.54. The molecule has 0 radical (unpaired) electrons. The maximum absolute atomic E-state index is 13.1. The van der Waals surface area contributed by atoms with Crippen LogP contribution in [0.3, 0.4) is 0 Å². The molecular weight excluding hydrogens is 335 g/mol. The van der Waals surface area contributed by atoms with Crippen LogP contribution in [0.4, 0.5) is 10.2 Å². The molecule has 7 heteroatoms. The lowest BCUT2D eigenvalue weighted by Gasteiger charge is -2.34. The Morgan fingerprint density at radius 2 is 1.88 bits per heavy atom. The third kappa shape index (κ3) is 3.70. The van der Waals surface area contributed by atoms with Crippen LogP contribution in [0.15, 0.2) is 30.6 Å². The zero-order valence-electron chi connectivity index (χ0n) is 14.6. The normalized spacial score (nSPS) is 19.2. The van der Waals surface area contributed by atoms with Crippen molar-refractivity contribution in [2.45, 2.75) is 19.1 Å². The van der Waals surface area contributed by atoms with E-state index in [0.717, 1.165) is 48.7 Å². The van der Waals surface area contributed by atoms with E-state index in [0.29, 0.717) is 26.3 Å². The molecule has 26 heavy (non-hydrogen) atoms. The largest absolute Gasteiger partial charge is 0.387 e. The highest BCUT2D eigenvalue weighted by molar-refractivity contribution is 5.49. The molecule has 1 unspecified atom stereocenters. The molecule has 0 bridgehead atoms. The second kappa shape index (κ2) is 7.65. The van der Waals surface area contributed by atoms with Gasteiger partial charge in [-0.1, -0.05) is 12.1 Å². The number of fused-ring (bicyclic) bond motifs is 1. The molecule has 2 aliphatic rings. The molecule has 0 spiro atoms. The van der Waals surface area contributed by atoms with Gasteiger partial charge in [0.2, 0.25) is 0 Å². The van der Waals surface area contributed by atoms with Gasteiger partial charge in [-0.2, -0.15) is 0 Å². The minimum Gasteiger partial charge on any atom is -0.387 e. The van der Waals surface area contributed by atoms with Crippen molar-refractivity contribution in [3.8, 4) is 0 Å². The van der Waals surface area contributed by atoms with Crippen molar-refractivity contribution in [1.82, 2.24) is 14.9 Å². The Hall–Kier alpha value is -2.09. The van der Waals surface area contributed by atoms with Crippen molar-refractivity contribution in [3.63, 3.8) is 0 Å². The topological polar surface area (TPSA) is 61.7 Å². The lowest BCUT2D eigenvalue weighted by atomic mass is 10.0. The van der Waals surface area contributed by atoms with Crippen molar-refractivity contribution < 1.29 is 14.2 Å². The Morgan fingerprint density at radius 3 is 2.65 bits per heavy atom. The third-order valence-electron chi connectivity index (χ3n) is 5.05. The quantitative estimate of drug-likeness (QED) is 0.895. The van der Waals surface area contributed by atoms with Crippen molar-refractivity contribution in [2.24, 2.45) is 0 Å². The lowest BCUT2D eigenvalue weighted by Crippen LogP contribution is -2.40. The number of hydrogen-bond donors (Lipinski definition) is 1. The summed E-state index contributed by atoms with van der Waals surface area (Å²) >= 11 is 0. The van der Waals surface area contributed by atoms with Crippen LogP contribution < -0.4 is 4.90 Å². The van der Waals surface area contributed by atoms with Gasteiger partial charge in [0, 0.05) is 44.7 Å². The number of aliphatic hydroxyl groups is 1. The highest BCUT2D eigenvalue weighted by Crippen LogP contribution is 2.27. The van der Waals surface area contributed by atoms with Crippen LogP contribution in [0.1, 0.15) is 22.9 Å². The van der Waals surface area contributed by atoms with Crippen molar-refractivity contribution in [2.75, 3.05) is 44.3 Å². The summed E-state index contributed by atoms with van der Waals surface area (Å²) < 4.78 is 18.5. The third-order valence-corrected chi connectivity index (χ3v) is 5.05. The number of β-amino-alcohol motifs (C(OH)–C–C–N with tert-alkyl or cyclic N) is 1. The zero-order valence-corrected chi connectivity index (χ0v) is 14.6. The first-order chi connectivity index (χ1) is 12.7. The molecule has 3 heterocycles. The van der Waals surface area contributed by atoms with E-state index < -0.39 is 6.10 Å². The number of halogens is 1. The van der Waals surface area contributed by atoms with Gasteiger partial charge in [-0.05, 0) is 17.7 Å². The van der Waals surface area contributed by atoms with Crippen LogP contribution in [0.5, 0.6) is 0 Å². The minimum absolute atomic E-state index is 0.292. The van der Waals surface area contributed by atoms with Gasteiger partial charge >= 0.3 is 0 Å². The number of benzene rings is 1. The Bertz CT molecular complexity index is 750. The standard InChI is InChI=1S/C19H23FN4O2/c20-15-3-1-14(2-4-15)18(25)12-23-6-5-17-16(11-23)19(22-13-21-17)24-7-9-26-10-8-24/h1-4,13,18,25H,5-12H2. The zero-order chi connectivity index (χ0) is 17.9. The number of ether oxygens (including phenoxy) is 1. The first-order valence-electron chi connectivity index (χ1n) is 9.02. The molecule has 1 saturated heterocycles. The molecule has 1 fully saturated rings. The van der Waals surface area contributed by atoms with Crippen molar-refractivity contribution in [3.05, 3.63) is 53.2 Å². The van der Waals surface area contributed by atoms with E-state index in [9.17, 15) is 9.50 Å². The van der Waals surface area contributed by atoms with E-state index in [1.54, 1.807) is 18.5 Å². The molecule has 6 nitrogen and oxygen atoms in total. The predicted molar refractivity (Wildman–Crippen MR) is 95.4 cm³/mol. The molecule has 1 aromatic carbocycles. The molecule has 1 aromatic heterocycles. The van der Waals surface area contributed by atoms with Gasteiger partial charge in [0.15, 0.2) is 0 Å². The fourth-order valence-electron chi connectivity index (χ4n) is 3.62. The summed E-state index contributed by atoms with van der Waals surface area (Å²) in [7, 11) is 0. The first-order valence-corrected chi connectivity index (χ1v) is 9.02. The maximum Gasteiger partial charge on any atom is 0.136 e. The molecule has 1 N–H and O–H groups in total. The van der Waals surface area contributed by atoms with E-state index in [4.69, 9.17) is 4.74 Å². The van der Waals surface area contributed by atoms with Gasteiger partial charge in [0.05, 0.1) is 25.0 Å². The van der Waals surface area contributed by atoms with E-state index >= 15 is 0 Å². The summed E-state index contributed by atoms with van der Waals surface area (Å²) in [6.07, 6.45) is 1.84. The van der Waals surface area contributed by atoms with Gasteiger partial charge in [0.1, 0.15) is 18.0 Å². The summed E-state index contributed by atoms with van der Waals surface area (Å²) in [6.45, 7) is 5.15. The lowest BCUT2D eigenvalue weighted by molar-refractivity contribution is 0.105. The molecule has 138 valence electrons. The highest BCUT2D eigenvalue weighted by Gasteiger charge is 2.26. The molecule has 0 aliphatic carbocycles. The van der Waals surface area contributed by atoms with Crippen LogP contribution in [0.2, 0.25) is 0 Å². The summed E-state index contributed by atoms with van der Waals surface area (Å²) in [5.74, 6) is 0.694. The summed E-state index contributed by atoms with van der Waals surface area (Å²) in [6, 6.07) is 6.04. The molecule has 1 atom stereocenters. The molecule has 2 aromatic rings. The highest BCUT2D eigenvalue weighted by atomic mass is 19.1. The molecule has 0 saturated carbocycles. The van der Waals surface area contributed by atoms with Crippen LogP contribution >= 0.6 is 0 Å². The second-order valence-electron chi connectivity index (χ2n) is 6.77. The number of hydrogen-bond acceptors (Lipinski definition) is 6. The van der Waals surface area contributed by atoms with Gasteiger partial charge in [-0.25, -0.2) is 14.4 Å². The number of nitrogens with zero attached hydrogens (tertiary/aromatic N) is 4. The van der Waals surface area contributed by atoms with E-state index in [1.807, 2.05) is 0 Å². The fourth-order valence-corrected chi connectivity index (χ4v) is 3.62. The van der Waals surface area contributed by atoms with E-state index in [-0.39, 0.29) is 5.82 Å². The summed E-state index contributed by atoms with van der Waals surface area (Å²) in [5.41, 5.74) is 2.97. The van der Waals surface area contributed by atoms with Crippen LogP contribution in [-0.2, 0) is 17.7 Å². The number of rotatable bonds is 4. The Balaban J connectivity index is 1.49. The molecule has 2 aliphatic heterocycles. The fraction of sp³-hybridized carbons (Fsp3) is 0.474. The first kappa shape index (κ1) is 17.3. The van der Waals surface area contributed by atoms with E-state index in [2.05, 4.69) is 19.8 Å². The number of anilines is 1. The van der Waals surface area contributed by atoms with Gasteiger partial charge in [-0.3, -0.25) is 4.90 Å². The molecule has 4 rings (SSSR count). The smallest absolute Gasteiger partial charge is 0.136 e. The summed E-state index contributed by atoms with van der Waals surface area (Å²) in [5, 5.41) is 10.5. The Kier molecular flexibility index (Phi) is 5.10. The van der Waals surface area contributed by atoms with E-state index in [1.165, 1.54) is 12.1 Å². The summed E-state index contributed by atoms with van der Waals surface area (Å²) in [4.78, 5) is 13.4. The number of aliphatic hydroxyl groups excluding tert-OH is 1. The maximum atomic E-state index is 13.1. The van der Waals surface area contributed by atoms with Crippen molar-refractivity contribution in [1.29, 1.82) is 0 Å². The second-order valence-corrected chi connectivity index (χ2v) is 6.77. The average Bonchev–Trinajstić information content (AvgIpc) is 2.68. The SMILES string of the molecule is OC(CN1CCc2ncnc(N3CCOCC3)c2C1)c1ccc(F)cc1. The van der Waals surface area contributed by atoms with Crippen LogP contribution in [0, 0.1) is 5.82 Å². The average molecular weight is 358 g/mol. The molecule has 0 amide bonds. The minimum atomic E-state index is -0.645. The monoisotopic (exact) mass is 358 g/mol. The van der Waals surface area contributed by atoms with Gasteiger partial charge in [0.25, 0.3) is 0 Å². The van der Waals surface area contributed by atoms with Gasteiger partial charge in [-0.15, -0.1) is 0 Å². The molecular formula is C19H23FN4O2. The number of morpholine rings is 1. The van der Waals surface area contributed by atoms with Crippen LogP contribution in [-0.4, -0.2) is 59.4 Å². The Labute approximate surface area is 152 Å². The van der Waals surface area contributed by atoms with Gasteiger partial charge < -0.3 is 14.7 Å². The van der Waals surface area contributed by atoms with Crippen LogP contribution in [0.25, 0.3) is 0 Å². The Morgan fingerprint density at radius 1 is 1.12 bits per heavy atom. The number of aromatic nitrogens is 2.